The Labute approximate surface area is 119 Å². The van der Waals surface area contributed by atoms with Crippen LogP contribution in [0.25, 0.3) is 0 Å². The quantitative estimate of drug-likeness (QED) is 0.861. The first-order chi connectivity index (χ1) is 9.50. The second-order valence-corrected chi connectivity index (χ2v) is 5.44. The van der Waals surface area contributed by atoms with E-state index >= 15 is 0 Å². The molecule has 1 aromatic rings. The van der Waals surface area contributed by atoms with Gasteiger partial charge in [-0.1, -0.05) is 12.1 Å². The van der Waals surface area contributed by atoms with E-state index < -0.39 is 6.10 Å². The van der Waals surface area contributed by atoms with E-state index in [9.17, 15) is 14.7 Å². The number of rotatable bonds is 3. The van der Waals surface area contributed by atoms with Gasteiger partial charge in [0.1, 0.15) is 0 Å². The van der Waals surface area contributed by atoms with Crippen molar-refractivity contribution in [3.05, 3.63) is 35.4 Å². The maximum atomic E-state index is 12.5. The highest BCUT2D eigenvalue weighted by atomic mass is 16.3. The molecule has 1 aromatic carbocycles. The number of piperidine rings is 1. The van der Waals surface area contributed by atoms with Crippen molar-refractivity contribution in [1.82, 2.24) is 4.90 Å². The molecule has 1 heterocycles. The molecule has 1 aliphatic rings. The molecule has 0 spiro atoms. The summed E-state index contributed by atoms with van der Waals surface area (Å²) in [6.45, 7) is 3.92. The van der Waals surface area contributed by atoms with Crippen LogP contribution in [0.2, 0.25) is 0 Å². The zero-order valence-electron chi connectivity index (χ0n) is 12.0. The van der Waals surface area contributed by atoms with Gasteiger partial charge in [0, 0.05) is 17.7 Å². The number of aliphatic hydroxyl groups excluding tert-OH is 1. The summed E-state index contributed by atoms with van der Waals surface area (Å²) in [5.41, 5.74) is 1.18. The van der Waals surface area contributed by atoms with Crippen LogP contribution in [0.15, 0.2) is 24.3 Å². The summed E-state index contributed by atoms with van der Waals surface area (Å²) in [6, 6.07) is 6.62. The van der Waals surface area contributed by atoms with E-state index in [0.717, 1.165) is 19.3 Å². The monoisotopic (exact) mass is 275 g/mol. The van der Waals surface area contributed by atoms with Crippen molar-refractivity contribution >= 4 is 11.7 Å². The normalized spacial score (nSPS) is 20.6. The van der Waals surface area contributed by atoms with Crippen LogP contribution < -0.4 is 0 Å². The van der Waals surface area contributed by atoms with Gasteiger partial charge >= 0.3 is 0 Å². The first-order valence-corrected chi connectivity index (χ1v) is 7.10. The van der Waals surface area contributed by atoms with Crippen LogP contribution in [-0.4, -0.2) is 40.4 Å². The van der Waals surface area contributed by atoms with Crippen LogP contribution in [0, 0.1) is 0 Å². The number of benzene rings is 1. The second-order valence-electron chi connectivity index (χ2n) is 5.44. The summed E-state index contributed by atoms with van der Waals surface area (Å²) < 4.78 is 0. The predicted molar refractivity (Wildman–Crippen MR) is 76.8 cm³/mol. The van der Waals surface area contributed by atoms with Crippen LogP contribution in [-0.2, 0) is 0 Å². The number of carbonyl (C=O) groups excluding carboxylic acids is 2. The Hall–Kier alpha value is -1.68. The molecule has 20 heavy (non-hydrogen) atoms. The Kier molecular flexibility index (Phi) is 4.55. The molecule has 0 unspecified atom stereocenters. The first-order valence-electron chi connectivity index (χ1n) is 7.10. The summed E-state index contributed by atoms with van der Waals surface area (Å²) >= 11 is 0. The fourth-order valence-corrected chi connectivity index (χ4v) is 2.72. The highest BCUT2D eigenvalue weighted by Crippen LogP contribution is 2.22. The zero-order chi connectivity index (χ0) is 14.7. The van der Waals surface area contributed by atoms with Crippen LogP contribution in [0.5, 0.6) is 0 Å². The van der Waals surface area contributed by atoms with Gasteiger partial charge < -0.3 is 10.0 Å². The number of amides is 1. The fourth-order valence-electron chi connectivity index (χ4n) is 2.72. The Morgan fingerprint density at radius 2 is 1.80 bits per heavy atom. The number of hydrogen-bond donors (Lipinski definition) is 1. The highest BCUT2D eigenvalue weighted by molar-refractivity contribution is 5.97. The van der Waals surface area contributed by atoms with Crippen molar-refractivity contribution in [3.8, 4) is 0 Å². The average Bonchev–Trinajstić information content (AvgIpc) is 2.46. The Balaban J connectivity index is 2.18. The zero-order valence-corrected chi connectivity index (χ0v) is 12.0. The standard InChI is InChI=1S/C16H21NO3/c1-11(18)13-6-8-14(9-7-13)16(20)17-10-4-3-5-15(17)12(2)19/h6-9,12,15,19H,3-5,10H2,1-2H3/t12-,15+/m1/s1. The largest absolute Gasteiger partial charge is 0.391 e. The lowest BCUT2D eigenvalue weighted by Gasteiger charge is -2.37. The lowest BCUT2D eigenvalue weighted by molar-refractivity contribution is 0.0281. The summed E-state index contributed by atoms with van der Waals surface area (Å²) in [4.78, 5) is 25.5. The number of nitrogens with zero attached hydrogens (tertiary/aromatic N) is 1. The van der Waals surface area contributed by atoms with Crippen LogP contribution in [0.4, 0.5) is 0 Å². The smallest absolute Gasteiger partial charge is 0.254 e. The van der Waals surface area contributed by atoms with E-state index in [1.54, 1.807) is 36.1 Å². The molecule has 0 aliphatic carbocycles. The van der Waals surface area contributed by atoms with E-state index in [1.807, 2.05) is 0 Å². The minimum absolute atomic E-state index is 0.0103. The molecule has 4 heteroatoms. The van der Waals surface area contributed by atoms with Gasteiger partial charge in [0.25, 0.3) is 5.91 Å². The number of likely N-dealkylation sites (tertiary alicyclic amines) is 1. The third-order valence-corrected chi connectivity index (χ3v) is 3.91. The topological polar surface area (TPSA) is 57.6 Å². The molecule has 1 amide bonds. The molecule has 1 fully saturated rings. The lowest BCUT2D eigenvalue weighted by Crippen LogP contribution is -2.48. The summed E-state index contributed by atoms with van der Waals surface area (Å²) in [7, 11) is 0. The van der Waals surface area contributed by atoms with Crippen LogP contribution in [0.3, 0.4) is 0 Å². The molecule has 2 rings (SSSR count). The Morgan fingerprint density at radius 1 is 1.20 bits per heavy atom. The van der Waals surface area contributed by atoms with Gasteiger partial charge in [-0.3, -0.25) is 9.59 Å². The Bertz CT molecular complexity index is 493. The summed E-state index contributed by atoms with van der Waals surface area (Å²) in [6.07, 6.45) is 2.34. The molecule has 1 aliphatic heterocycles. The van der Waals surface area contributed by atoms with Gasteiger partial charge in [-0.15, -0.1) is 0 Å². The number of aliphatic hydroxyl groups is 1. The lowest BCUT2D eigenvalue weighted by atomic mass is 9.97. The number of hydrogen-bond acceptors (Lipinski definition) is 3. The van der Waals surface area contributed by atoms with Gasteiger partial charge in [-0.25, -0.2) is 0 Å². The van der Waals surface area contributed by atoms with Crippen molar-refractivity contribution in [2.45, 2.75) is 45.3 Å². The number of carbonyl (C=O) groups is 2. The Morgan fingerprint density at radius 3 is 2.35 bits per heavy atom. The minimum atomic E-state index is -0.518. The molecule has 0 radical (unpaired) electrons. The molecule has 0 aromatic heterocycles. The van der Waals surface area contributed by atoms with Crippen molar-refractivity contribution in [3.63, 3.8) is 0 Å². The molecule has 1 saturated heterocycles. The van der Waals surface area contributed by atoms with Gasteiger partial charge in [0.2, 0.25) is 0 Å². The van der Waals surface area contributed by atoms with Crippen molar-refractivity contribution in [2.24, 2.45) is 0 Å². The van der Waals surface area contributed by atoms with E-state index in [4.69, 9.17) is 0 Å². The van der Waals surface area contributed by atoms with Gasteiger partial charge in [0.05, 0.1) is 12.1 Å². The molecule has 1 N–H and O–H groups in total. The predicted octanol–water partition coefficient (Wildman–Crippen LogP) is 2.26. The van der Waals surface area contributed by atoms with Crippen molar-refractivity contribution in [1.29, 1.82) is 0 Å². The molecule has 2 atom stereocenters. The maximum Gasteiger partial charge on any atom is 0.254 e. The second kappa shape index (κ2) is 6.18. The highest BCUT2D eigenvalue weighted by Gasteiger charge is 2.30. The molecular weight excluding hydrogens is 254 g/mol. The summed E-state index contributed by atoms with van der Waals surface area (Å²) in [5, 5.41) is 9.82. The number of Topliss-reactive ketones (excluding diaryl/α,β-unsaturated/α-hetero) is 1. The van der Waals surface area contributed by atoms with Crippen molar-refractivity contribution in [2.75, 3.05) is 6.54 Å². The van der Waals surface area contributed by atoms with E-state index in [-0.39, 0.29) is 17.7 Å². The maximum absolute atomic E-state index is 12.5. The summed E-state index contributed by atoms with van der Waals surface area (Å²) in [5.74, 6) is -0.0745. The molecule has 0 saturated carbocycles. The molecule has 4 nitrogen and oxygen atoms in total. The van der Waals surface area contributed by atoms with E-state index in [1.165, 1.54) is 6.92 Å². The fraction of sp³-hybridized carbons (Fsp3) is 0.500. The molecular formula is C16H21NO3. The van der Waals surface area contributed by atoms with E-state index in [2.05, 4.69) is 0 Å². The first kappa shape index (κ1) is 14.7. The molecule has 0 bridgehead atoms. The third-order valence-electron chi connectivity index (χ3n) is 3.91. The average molecular weight is 275 g/mol. The van der Waals surface area contributed by atoms with Gasteiger partial charge in [-0.2, -0.15) is 0 Å². The molecule has 108 valence electrons. The van der Waals surface area contributed by atoms with Crippen LogP contribution >= 0.6 is 0 Å². The van der Waals surface area contributed by atoms with Gasteiger partial charge in [0.15, 0.2) is 5.78 Å². The third kappa shape index (κ3) is 3.07. The minimum Gasteiger partial charge on any atom is -0.391 e. The van der Waals surface area contributed by atoms with Crippen LogP contribution in [0.1, 0.15) is 53.8 Å². The van der Waals surface area contributed by atoms with Crippen molar-refractivity contribution < 1.29 is 14.7 Å². The van der Waals surface area contributed by atoms with E-state index in [0.29, 0.717) is 17.7 Å². The van der Waals surface area contributed by atoms with Gasteiger partial charge in [-0.05, 0) is 45.2 Å². The number of ketones is 1. The SMILES string of the molecule is CC(=O)c1ccc(C(=O)N2CCCC[C@H]2[C@@H](C)O)cc1.